The van der Waals surface area contributed by atoms with E-state index in [0.29, 0.717) is 41.7 Å². The molecule has 1 aliphatic rings. The van der Waals surface area contributed by atoms with Crippen molar-refractivity contribution in [1.82, 2.24) is 19.9 Å². The van der Waals surface area contributed by atoms with E-state index in [4.69, 9.17) is 9.47 Å². The predicted molar refractivity (Wildman–Crippen MR) is 105 cm³/mol. The number of fused-ring (bicyclic) bond motifs is 3. The van der Waals surface area contributed by atoms with Crippen molar-refractivity contribution in [2.24, 2.45) is 0 Å². The van der Waals surface area contributed by atoms with E-state index in [1.165, 1.54) is 6.20 Å². The maximum atomic E-state index is 12.7. The van der Waals surface area contributed by atoms with Crippen molar-refractivity contribution in [1.29, 1.82) is 0 Å². The summed E-state index contributed by atoms with van der Waals surface area (Å²) in [6.07, 6.45) is 1.37. The van der Waals surface area contributed by atoms with Gasteiger partial charge in [-0.15, -0.1) is 0 Å². The second-order valence-electron chi connectivity index (χ2n) is 6.56. The predicted octanol–water partition coefficient (Wildman–Crippen LogP) is 2.17. The summed E-state index contributed by atoms with van der Waals surface area (Å²) >= 11 is 0. The number of hydrogen-bond acceptors (Lipinski definition) is 7. The molecule has 0 aliphatic carbocycles. The smallest absolute Gasteiger partial charge is 0.256 e. The zero-order valence-electron chi connectivity index (χ0n) is 15.9. The van der Waals surface area contributed by atoms with E-state index in [9.17, 15) is 4.79 Å². The Morgan fingerprint density at radius 1 is 1.36 bits per heavy atom. The first-order valence-electron chi connectivity index (χ1n) is 8.99. The van der Waals surface area contributed by atoms with Gasteiger partial charge < -0.3 is 25.4 Å². The van der Waals surface area contributed by atoms with Crippen LogP contribution in [0.5, 0.6) is 5.75 Å². The average molecular weight is 382 g/mol. The van der Waals surface area contributed by atoms with Crippen LogP contribution in [0, 0.1) is 0 Å². The third-order valence-corrected chi connectivity index (χ3v) is 4.58. The first kappa shape index (κ1) is 18.1. The van der Waals surface area contributed by atoms with E-state index in [2.05, 4.69) is 26.0 Å². The van der Waals surface area contributed by atoms with E-state index in [1.54, 1.807) is 18.7 Å². The van der Waals surface area contributed by atoms with E-state index < -0.39 is 0 Å². The molecule has 1 atom stereocenters. The van der Waals surface area contributed by atoms with Gasteiger partial charge in [0.2, 0.25) is 0 Å². The van der Waals surface area contributed by atoms with Crippen LogP contribution < -0.4 is 20.7 Å². The van der Waals surface area contributed by atoms with Crippen molar-refractivity contribution in [3.8, 4) is 5.75 Å². The minimum Gasteiger partial charge on any atom is -0.495 e. The van der Waals surface area contributed by atoms with E-state index in [0.717, 1.165) is 11.3 Å². The van der Waals surface area contributed by atoms with E-state index in [-0.39, 0.29) is 12.0 Å². The first-order valence-corrected chi connectivity index (χ1v) is 8.99. The van der Waals surface area contributed by atoms with Gasteiger partial charge in [0, 0.05) is 19.7 Å². The molecule has 9 nitrogen and oxygen atoms in total. The third kappa shape index (κ3) is 3.31. The van der Waals surface area contributed by atoms with Gasteiger partial charge in [0.15, 0.2) is 5.65 Å². The molecule has 28 heavy (non-hydrogen) atoms. The van der Waals surface area contributed by atoms with Crippen molar-refractivity contribution >= 4 is 28.9 Å². The topological polar surface area (TPSA) is 102 Å². The van der Waals surface area contributed by atoms with Crippen LogP contribution in [-0.4, -0.2) is 47.3 Å². The van der Waals surface area contributed by atoms with Gasteiger partial charge in [-0.1, -0.05) is 6.07 Å². The third-order valence-electron chi connectivity index (χ3n) is 4.58. The molecule has 1 aromatic carbocycles. The van der Waals surface area contributed by atoms with E-state index >= 15 is 0 Å². The van der Waals surface area contributed by atoms with Crippen molar-refractivity contribution in [2.75, 3.05) is 31.3 Å². The molecule has 0 radical (unpaired) electrons. The molecule has 0 spiro atoms. The largest absolute Gasteiger partial charge is 0.495 e. The van der Waals surface area contributed by atoms with Crippen molar-refractivity contribution < 1.29 is 14.3 Å². The molecule has 1 aliphatic heterocycles. The van der Waals surface area contributed by atoms with Gasteiger partial charge in [-0.3, -0.25) is 4.79 Å². The van der Waals surface area contributed by atoms with Gasteiger partial charge in [0.25, 0.3) is 5.91 Å². The molecule has 3 aromatic rings. The maximum absolute atomic E-state index is 12.7. The number of hydrogen-bond donors (Lipinski definition) is 3. The van der Waals surface area contributed by atoms with Crippen molar-refractivity contribution in [3.63, 3.8) is 0 Å². The highest BCUT2D eigenvalue weighted by Crippen LogP contribution is 2.30. The standard InChI is InChI=1S/C19H22N6O3/c1-11-8-21-19(26)13-9-22-25-17(20-2)7-16(24-18(13)25)23-14-6-12(10-28-11)4-5-15(14)27-3/h4-7,9,11,20H,8,10H2,1-3H3,(H,21,26)(H,23,24). The fourth-order valence-electron chi connectivity index (χ4n) is 3.07. The fourth-order valence-corrected chi connectivity index (χ4v) is 3.07. The number of anilines is 3. The lowest BCUT2D eigenvalue weighted by Crippen LogP contribution is -2.32. The van der Waals surface area contributed by atoms with Crippen LogP contribution in [0.1, 0.15) is 22.8 Å². The van der Waals surface area contributed by atoms with Crippen LogP contribution in [0.3, 0.4) is 0 Å². The normalized spacial score (nSPS) is 17.0. The summed E-state index contributed by atoms with van der Waals surface area (Å²) in [6, 6.07) is 7.63. The quantitative estimate of drug-likeness (QED) is 0.624. The highest BCUT2D eigenvalue weighted by molar-refractivity contribution is 6.00. The number of benzene rings is 1. The van der Waals surface area contributed by atoms with Gasteiger partial charge in [-0.25, -0.2) is 4.98 Å². The van der Waals surface area contributed by atoms with Crippen molar-refractivity contribution in [2.45, 2.75) is 19.6 Å². The second-order valence-corrected chi connectivity index (χ2v) is 6.56. The van der Waals surface area contributed by atoms with Crippen LogP contribution >= 0.6 is 0 Å². The summed E-state index contributed by atoms with van der Waals surface area (Å²) in [6.45, 7) is 2.72. The lowest BCUT2D eigenvalue weighted by atomic mass is 10.2. The summed E-state index contributed by atoms with van der Waals surface area (Å²) in [5.74, 6) is 1.70. The molecular weight excluding hydrogens is 360 g/mol. The molecule has 9 heteroatoms. The molecule has 0 saturated heterocycles. The molecule has 1 unspecified atom stereocenters. The monoisotopic (exact) mass is 382 g/mol. The highest BCUT2D eigenvalue weighted by atomic mass is 16.5. The maximum Gasteiger partial charge on any atom is 0.256 e. The number of aromatic nitrogens is 3. The van der Waals surface area contributed by atoms with Crippen LogP contribution in [0.2, 0.25) is 0 Å². The zero-order valence-corrected chi connectivity index (χ0v) is 15.9. The Bertz CT molecular complexity index is 1030. The Balaban J connectivity index is 1.87. The molecule has 4 rings (SSSR count). The number of amides is 1. The molecule has 1 amide bonds. The van der Waals surface area contributed by atoms with Gasteiger partial charge in [0.1, 0.15) is 22.9 Å². The molecule has 3 heterocycles. The number of rotatable bonds is 2. The van der Waals surface area contributed by atoms with Crippen LogP contribution in [-0.2, 0) is 11.3 Å². The molecule has 146 valence electrons. The number of carbonyl (C=O) groups excluding carboxylic acids is 1. The minimum atomic E-state index is -0.245. The first-order chi connectivity index (χ1) is 13.6. The highest BCUT2D eigenvalue weighted by Gasteiger charge is 2.19. The minimum absolute atomic E-state index is 0.149. The Hall–Kier alpha value is -3.33. The summed E-state index contributed by atoms with van der Waals surface area (Å²) in [5, 5.41) is 13.6. The Morgan fingerprint density at radius 3 is 3.00 bits per heavy atom. The number of nitrogens with one attached hydrogen (secondary N) is 3. The van der Waals surface area contributed by atoms with Gasteiger partial charge in [-0.2, -0.15) is 9.61 Å². The van der Waals surface area contributed by atoms with Gasteiger partial charge >= 0.3 is 0 Å². The molecular formula is C19H22N6O3. The molecule has 2 aromatic heterocycles. The lowest BCUT2D eigenvalue weighted by molar-refractivity contribution is 0.0509. The van der Waals surface area contributed by atoms with Crippen LogP contribution in [0.4, 0.5) is 17.3 Å². The van der Waals surface area contributed by atoms with Gasteiger partial charge in [-0.05, 0) is 24.6 Å². The average Bonchev–Trinajstić information content (AvgIpc) is 3.13. The number of carbonyl (C=O) groups is 1. The Kier molecular flexibility index (Phi) is 4.74. The van der Waals surface area contributed by atoms with Crippen LogP contribution in [0.25, 0.3) is 5.65 Å². The fraction of sp³-hybridized carbons (Fsp3) is 0.316. The summed E-state index contributed by atoms with van der Waals surface area (Å²) < 4.78 is 12.9. The number of nitrogens with zero attached hydrogens (tertiary/aromatic N) is 3. The second kappa shape index (κ2) is 7.35. The van der Waals surface area contributed by atoms with Crippen molar-refractivity contribution in [3.05, 3.63) is 41.6 Å². The lowest BCUT2D eigenvalue weighted by Gasteiger charge is -2.17. The SMILES string of the molecule is CNc1cc2nc3c(cnn13)C(=O)NCC(C)OCc1ccc(OC)c(c1)N2. The zero-order chi connectivity index (χ0) is 19.7. The number of methoxy groups -OCH3 is 1. The van der Waals surface area contributed by atoms with E-state index in [1.807, 2.05) is 31.2 Å². The summed E-state index contributed by atoms with van der Waals surface area (Å²) in [7, 11) is 3.41. The van der Waals surface area contributed by atoms with Gasteiger partial charge in [0.05, 0.1) is 31.7 Å². The Morgan fingerprint density at radius 2 is 2.21 bits per heavy atom. The summed E-state index contributed by atoms with van der Waals surface area (Å²) in [4.78, 5) is 17.3. The molecule has 3 N–H and O–H groups in total. The summed E-state index contributed by atoms with van der Waals surface area (Å²) in [5.41, 5.74) is 2.59. The Labute approximate surface area is 162 Å². The molecule has 0 saturated carbocycles. The molecule has 0 fully saturated rings. The van der Waals surface area contributed by atoms with Crippen LogP contribution in [0.15, 0.2) is 30.5 Å². The molecule has 4 bridgehead atoms. The number of ether oxygens (including phenoxy) is 2.